The Hall–Kier alpha value is -3.53. The Labute approximate surface area is 253 Å². The van der Waals surface area contributed by atoms with Crippen LogP contribution in [0.15, 0.2) is 42.6 Å². The molecule has 2 aliphatic heterocycles. The number of anilines is 4. The number of hydrogen-bond acceptors (Lipinski definition) is 8. The zero-order valence-corrected chi connectivity index (χ0v) is 25.5. The number of hydrogen-bond donors (Lipinski definition) is 2. The summed E-state index contributed by atoms with van der Waals surface area (Å²) in [6.45, 7) is 10.0. The quantitative estimate of drug-likeness (QED) is 0.545. The van der Waals surface area contributed by atoms with E-state index < -0.39 is 11.7 Å². The minimum atomic E-state index is -0.526. The maximum atomic E-state index is 13.1. The first-order valence-electron chi connectivity index (χ1n) is 15.9. The monoisotopic (exact) mass is 588 g/mol. The van der Waals surface area contributed by atoms with E-state index in [1.807, 2.05) is 62.2 Å². The predicted molar refractivity (Wildman–Crippen MR) is 165 cm³/mol. The molecule has 2 aromatic rings. The van der Waals surface area contributed by atoms with Crippen molar-refractivity contribution in [3.8, 4) is 0 Å². The third-order valence-corrected chi connectivity index (χ3v) is 10.3. The van der Waals surface area contributed by atoms with Crippen LogP contribution in [-0.4, -0.2) is 77.9 Å². The number of aromatic nitrogens is 1. The molecule has 5 fully saturated rings. The molecule has 1 aromatic heterocycles. The molecule has 10 nitrogen and oxygen atoms in total. The maximum absolute atomic E-state index is 13.1. The number of para-hydroxylation sites is 2. The van der Waals surface area contributed by atoms with Gasteiger partial charge in [0.15, 0.2) is 0 Å². The van der Waals surface area contributed by atoms with Crippen molar-refractivity contribution in [1.29, 1.82) is 0 Å². The average Bonchev–Trinajstić information content (AvgIpc) is 2.98. The fourth-order valence-electron chi connectivity index (χ4n) is 8.51. The van der Waals surface area contributed by atoms with Crippen LogP contribution in [0.4, 0.5) is 27.7 Å². The van der Waals surface area contributed by atoms with Crippen molar-refractivity contribution in [3.63, 3.8) is 0 Å². The molecule has 4 saturated carbocycles. The molecule has 43 heavy (non-hydrogen) atoms. The van der Waals surface area contributed by atoms with E-state index in [9.17, 15) is 14.7 Å². The van der Waals surface area contributed by atoms with Crippen molar-refractivity contribution >= 4 is 34.9 Å². The number of fused-ring (bicyclic) bond motifs is 1. The SMILES string of the molecule is CC(C)(C)C(=O)N1CCN(c2ccc(N3CCN(OC(=O)NC4[C@@H]5CC6C[C@H]4CC(O)(C6)C5)c4ccccc43)nc2)CC1. The van der Waals surface area contributed by atoms with Crippen LogP contribution in [0.5, 0.6) is 0 Å². The standard InChI is InChI=1S/C33H44N6O4/c1-32(2,3)30(40)37-12-10-36(11-13-37)25-8-9-28(34-21-25)38-14-15-39(27-7-5-4-6-26(27)38)43-31(41)35-29-23-16-22-17-24(29)20-33(42,18-22)19-23/h4-9,21-24,29,42H,10-20H2,1-3H3,(H,35,41)/t22?,23-,24+,29?,33?. The van der Waals surface area contributed by atoms with Gasteiger partial charge in [0.25, 0.3) is 0 Å². The van der Waals surface area contributed by atoms with Gasteiger partial charge in [0.2, 0.25) is 5.91 Å². The van der Waals surface area contributed by atoms with E-state index >= 15 is 0 Å². The summed E-state index contributed by atoms with van der Waals surface area (Å²) in [7, 11) is 0. The molecule has 4 aliphatic carbocycles. The number of benzene rings is 1. The molecule has 0 spiro atoms. The highest BCUT2D eigenvalue weighted by Gasteiger charge is 2.55. The summed E-state index contributed by atoms with van der Waals surface area (Å²) < 4.78 is 0. The number of carbonyl (C=O) groups excluding carboxylic acids is 2. The fourth-order valence-corrected chi connectivity index (χ4v) is 8.51. The highest BCUT2D eigenvalue weighted by atomic mass is 16.7. The lowest BCUT2D eigenvalue weighted by atomic mass is 9.52. The summed E-state index contributed by atoms with van der Waals surface area (Å²) in [5, 5.41) is 15.8. The van der Waals surface area contributed by atoms with Gasteiger partial charge < -0.3 is 30.0 Å². The fraction of sp³-hybridized carbons (Fsp3) is 0.606. The Kier molecular flexibility index (Phi) is 6.95. The van der Waals surface area contributed by atoms with Crippen LogP contribution in [0.1, 0.15) is 52.9 Å². The number of nitrogens with zero attached hydrogens (tertiary/aromatic N) is 5. The van der Waals surface area contributed by atoms with Gasteiger partial charge in [0, 0.05) is 44.2 Å². The summed E-state index contributed by atoms with van der Waals surface area (Å²) in [4.78, 5) is 43.0. The van der Waals surface area contributed by atoms with E-state index in [-0.39, 0.29) is 17.4 Å². The van der Waals surface area contributed by atoms with Crippen LogP contribution < -0.4 is 20.2 Å². The van der Waals surface area contributed by atoms with E-state index in [2.05, 4.69) is 21.2 Å². The van der Waals surface area contributed by atoms with Crippen molar-refractivity contribution in [2.45, 2.75) is 64.5 Å². The molecule has 10 heteroatoms. The Morgan fingerprint density at radius 3 is 2.26 bits per heavy atom. The summed E-state index contributed by atoms with van der Waals surface area (Å²) in [5.41, 5.74) is 1.93. The zero-order valence-electron chi connectivity index (χ0n) is 25.5. The van der Waals surface area contributed by atoms with Crippen LogP contribution in [-0.2, 0) is 9.63 Å². The smallest absolute Gasteiger partial charge is 0.390 e. The molecule has 2 amide bonds. The minimum Gasteiger partial charge on any atom is -0.390 e. The molecule has 1 aromatic carbocycles. The first-order chi connectivity index (χ1) is 20.6. The first kappa shape index (κ1) is 28.3. The van der Waals surface area contributed by atoms with E-state index in [1.54, 1.807) is 5.06 Å². The maximum Gasteiger partial charge on any atom is 0.431 e. The molecule has 3 unspecified atom stereocenters. The summed E-state index contributed by atoms with van der Waals surface area (Å²) in [6.07, 6.45) is 6.16. The number of piperazine rings is 1. The highest BCUT2D eigenvalue weighted by Crippen LogP contribution is 2.55. The summed E-state index contributed by atoms with van der Waals surface area (Å²) in [5.74, 6) is 2.29. The molecule has 5 atom stereocenters. The number of aliphatic hydroxyl groups is 1. The highest BCUT2D eigenvalue weighted by molar-refractivity contribution is 5.82. The minimum absolute atomic E-state index is 0.0746. The third kappa shape index (κ3) is 5.39. The van der Waals surface area contributed by atoms with Crippen molar-refractivity contribution in [3.05, 3.63) is 42.6 Å². The number of hydroxylamine groups is 1. The van der Waals surface area contributed by atoms with Gasteiger partial charge in [0.1, 0.15) is 5.82 Å². The second-order valence-electron chi connectivity index (χ2n) is 14.4. The zero-order chi connectivity index (χ0) is 29.9. The van der Waals surface area contributed by atoms with Gasteiger partial charge in [-0.2, -0.15) is 0 Å². The molecule has 6 aliphatic rings. The van der Waals surface area contributed by atoms with Gasteiger partial charge in [-0.1, -0.05) is 32.9 Å². The van der Waals surface area contributed by atoms with Crippen LogP contribution >= 0.6 is 0 Å². The van der Waals surface area contributed by atoms with Gasteiger partial charge in [-0.15, -0.1) is 0 Å². The van der Waals surface area contributed by atoms with E-state index in [0.717, 1.165) is 68.1 Å². The lowest BCUT2D eigenvalue weighted by molar-refractivity contribution is -0.139. The van der Waals surface area contributed by atoms with Crippen molar-refractivity contribution in [2.24, 2.45) is 23.2 Å². The Morgan fingerprint density at radius 2 is 1.63 bits per heavy atom. The second-order valence-corrected chi connectivity index (χ2v) is 14.4. The Balaban J connectivity index is 0.988. The van der Waals surface area contributed by atoms with Crippen molar-refractivity contribution < 1.29 is 19.5 Å². The van der Waals surface area contributed by atoms with Crippen LogP contribution in [0, 0.1) is 23.2 Å². The number of rotatable bonds is 4. The lowest BCUT2D eigenvalue weighted by Gasteiger charge is -2.57. The first-order valence-corrected chi connectivity index (χ1v) is 15.9. The average molecular weight is 589 g/mol. The topological polar surface area (TPSA) is 101 Å². The largest absolute Gasteiger partial charge is 0.431 e. The molecular weight excluding hydrogens is 544 g/mol. The molecule has 0 radical (unpaired) electrons. The lowest BCUT2D eigenvalue weighted by Crippen LogP contribution is -2.62. The summed E-state index contributed by atoms with van der Waals surface area (Å²) >= 11 is 0. The molecule has 3 heterocycles. The number of pyridine rings is 1. The Bertz CT molecular complexity index is 1350. The van der Waals surface area contributed by atoms with Gasteiger partial charge in [0.05, 0.1) is 35.4 Å². The van der Waals surface area contributed by atoms with Crippen LogP contribution in [0.25, 0.3) is 0 Å². The molecule has 230 valence electrons. The third-order valence-electron chi connectivity index (χ3n) is 10.3. The van der Waals surface area contributed by atoms with Gasteiger partial charge in [-0.05, 0) is 74.1 Å². The van der Waals surface area contributed by atoms with Crippen molar-refractivity contribution in [2.75, 3.05) is 54.1 Å². The number of nitrogens with one attached hydrogen (secondary N) is 1. The number of carbonyl (C=O) groups is 2. The van der Waals surface area contributed by atoms with E-state index in [0.29, 0.717) is 43.9 Å². The predicted octanol–water partition coefficient (Wildman–Crippen LogP) is 4.32. The summed E-state index contributed by atoms with van der Waals surface area (Å²) in [6, 6.07) is 12.2. The van der Waals surface area contributed by atoms with Gasteiger partial charge in [-0.3, -0.25) is 4.79 Å². The van der Waals surface area contributed by atoms with E-state index in [1.165, 1.54) is 0 Å². The molecular formula is C33H44N6O4. The van der Waals surface area contributed by atoms with Crippen LogP contribution in [0.3, 0.4) is 0 Å². The molecule has 2 N–H and O–H groups in total. The van der Waals surface area contributed by atoms with Crippen LogP contribution in [0.2, 0.25) is 0 Å². The van der Waals surface area contributed by atoms with Gasteiger partial charge >= 0.3 is 6.09 Å². The Morgan fingerprint density at radius 1 is 0.930 bits per heavy atom. The molecule has 1 saturated heterocycles. The van der Waals surface area contributed by atoms with Gasteiger partial charge in [-0.25, -0.2) is 14.8 Å². The normalized spacial score (nSPS) is 29.9. The van der Waals surface area contributed by atoms with Crippen molar-refractivity contribution in [1.82, 2.24) is 15.2 Å². The second kappa shape index (κ2) is 10.6. The molecule has 4 bridgehead atoms. The number of amides is 2. The molecule has 8 rings (SSSR count). The van der Waals surface area contributed by atoms with E-state index in [4.69, 9.17) is 9.82 Å².